The third-order valence-electron chi connectivity index (χ3n) is 2.77. The topological polar surface area (TPSA) is 55.8 Å². The van der Waals surface area contributed by atoms with E-state index in [-0.39, 0.29) is 6.10 Å². The number of carboxylic acid groups (broad SMARTS) is 1. The van der Waals surface area contributed by atoms with Crippen LogP contribution < -0.4 is 4.74 Å². The molecule has 1 aromatic carbocycles. The first kappa shape index (κ1) is 15.2. The van der Waals surface area contributed by atoms with Crippen molar-refractivity contribution < 1.29 is 19.4 Å². The number of hydrogen-bond acceptors (Lipinski definition) is 3. The molecule has 0 aliphatic rings. The van der Waals surface area contributed by atoms with Crippen LogP contribution in [0.2, 0.25) is 0 Å². The Hall–Kier alpha value is -1.81. The number of aryl methyl sites for hydroxylation is 2. The SMILES string of the molecule is COC(C)COc1c(C)cc(/C=C/C(=O)O)cc1C. The Labute approximate surface area is 113 Å². The minimum Gasteiger partial charge on any atom is -0.490 e. The van der Waals surface area contributed by atoms with Gasteiger partial charge in [-0.15, -0.1) is 0 Å². The number of methoxy groups -OCH3 is 1. The summed E-state index contributed by atoms with van der Waals surface area (Å²) >= 11 is 0. The zero-order valence-electron chi connectivity index (χ0n) is 11.8. The Morgan fingerprint density at radius 1 is 1.37 bits per heavy atom. The van der Waals surface area contributed by atoms with E-state index in [1.165, 1.54) is 0 Å². The second-order valence-electron chi connectivity index (χ2n) is 4.51. The number of rotatable bonds is 6. The highest BCUT2D eigenvalue weighted by molar-refractivity contribution is 5.85. The number of ether oxygens (including phenoxy) is 2. The number of carboxylic acids is 1. The molecule has 0 saturated carbocycles. The van der Waals surface area contributed by atoms with Crippen molar-refractivity contribution >= 4 is 12.0 Å². The van der Waals surface area contributed by atoms with Crippen molar-refractivity contribution in [2.45, 2.75) is 26.9 Å². The molecule has 19 heavy (non-hydrogen) atoms. The lowest BCUT2D eigenvalue weighted by Crippen LogP contribution is -2.16. The second kappa shape index (κ2) is 6.95. The minimum atomic E-state index is -0.954. The highest BCUT2D eigenvalue weighted by atomic mass is 16.5. The normalized spacial score (nSPS) is 12.6. The average molecular weight is 264 g/mol. The average Bonchev–Trinajstić information content (AvgIpc) is 2.34. The van der Waals surface area contributed by atoms with Gasteiger partial charge in [0, 0.05) is 13.2 Å². The molecule has 4 heteroatoms. The Morgan fingerprint density at radius 3 is 2.42 bits per heavy atom. The van der Waals surface area contributed by atoms with E-state index >= 15 is 0 Å². The Morgan fingerprint density at radius 2 is 1.95 bits per heavy atom. The quantitative estimate of drug-likeness (QED) is 0.803. The molecule has 0 saturated heterocycles. The molecule has 0 aliphatic carbocycles. The van der Waals surface area contributed by atoms with Gasteiger partial charge in [0.25, 0.3) is 0 Å². The van der Waals surface area contributed by atoms with Gasteiger partial charge in [-0.1, -0.05) is 0 Å². The van der Waals surface area contributed by atoms with Gasteiger partial charge in [0.05, 0.1) is 6.10 Å². The molecular weight excluding hydrogens is 244 g/mol. The molecule has 0 radical (unpaired) electrons. The van der Waals surface area contributed by atoms with Gasteiger partial charge in [0.2, 0.25) is 0 Å². The number of carbonyl (C=O) groups is 1. The fraction of sp³-hybridized carbons (Fsp3) is 0.400. The molecule has 0 bridgehead atoms. The van der Waals surface area contributed by atoms with Crippen LogP contribution in [-0.2, 0) is 9.53 Å². The summed E-state index contributed by atoms with van der Waals surface area (Å²) in [5.74, 6) is -0.124. The third kappa shape index (κ3) is 4.75. The zero-order chi connectivity index (χ0) is 14.4. The van der Waals surface area contributed by atoms with E-state index in [0.29, 0.717) is 6.61 Å². The van der Waals surface area contributed by atoms with Crippen LogP contribution in [-0.4, -0.2) is 30.9 Å². The zero-order valence-corrected chi connectivity index (χ0v) is 11.8. The molecule has 1 rings (SSSR count). The molecule has 0 fully saturated rings. The summed E-state index contributed by atoms with van der Waals surface area (Å²) in [5.41, 5.74) is 2.81. The highest BCUT2D eigenvalue weighted by Crippen LogP contribution is 2.25. The minimum absolute atomic E-state index is 0.0328. The predicted molar refractivity (Wildman–Crippen MR) is 74.6 cm³/mol. The van der Waals surface area contributed by atoms with Gasteiger partial charge in [0.1, 0.15) is 12.4 Å². The smallest absolute Gasteiger partial charge is 0.328 e. The van der Waals surface area contributed by atoms with Crippen molar-refractivity contribution in [2.75, 3.05) is 13.7 Å². The summed E-state index contributed by atoms with van der Waals surface area (Å²) in [6.07, 6.45) is 2.73. The fourth-order valence-electron chi connectivity index (χ4n) is 1.74. The van der Waals surface area contributed by atoms with E-state index in [2.05, 4.69) is 0 Å². The van der Waals surface area contributed by atoms with E-state index in [0.717, 1.165) is 28.5 Å². The van der Waals surface area contributed by atoms with E-state index in [1.54, 1.807) is 13.2 Å². The maximum absolute atomic E-state index is 10.5. The van der Waals surface area contributed by atoms with Gasteiger partial charge in [-0.25, -0.2) is 4.79 Å². The number of aliphatic carboxylic acids is 1. The molecule has 0 amide bonds. The molecule has 1 atom stereocenters. The molecule has 0 aromatic heterocycles. The predicted octanol–water partition coefficient (Wildman–Crippen LogP) is 2.81. The van der Waals surface area contributed by atoms with Crippen molar-refractivity contribution in [3.63, 3.8) is 0 Å². The first-order valence-corrected chi connectivity index (χ1v) is 6.12. The highest BCUT2D eigenvalue weighted by Gasteiger charge is 2.08. The first-order chi connectivity index (χ1) is 8.93. The van der Waals surface area contributed by atoms with Crippen molar-refractivity contribution in [1.82, 2.24) is 0 Å². The van der Waals surface area contributed by atoms with Gasteiger partial charge in [-0.05, 0) is 55.7 Å². The summed E-state index contributed by atoms with van der Waals surface area (Å²) in [7, 11) is 1.65. The van der Waals surface area contributed by atoms with Crippen LogP contribution in [0.15, 0.2) is 18.2 Å². The number of benzene rings is 1. The molecule has 0 spiro atoms. The van der Waals surface area contributed by atoms with Gasteiger partial charge in [-0.2, -0.15) is 0 Å². The van der Waals surface area contributed by atoms with Gasteiger partial charge < -0.3 is 14.6 Å². The van der Waals surface area contributed by atoms with Crippen LogP contribution in [0.3, 0.4) is 0 Å². The largest absolute Gasteiger partial charge is 0.490 e. The fourth-order valence-corrected chi connectivity index (χ4v) is 1.74. The molecule has 4 nitrogen and oxygen atoms in total. The van der Waals surface area contributed by atoms with E-state index in [4.69, 9.17) is 14.6 Å². The number of hydrogen-bond donors (Lipinski definition) is 1. The summed E-state index contributed by atoms with van der Waals surface area (Å²) in [6.45, 7) is 6.31. The lowest BCUT2D eigenvalue weighted by atomic mass is 10.1. The molecule has 1 N–H and O–H groups in total. The maximum Gasteiger partial charge on any atom is 0.328 e. The maximum atomic E-state index is 10.5. The monoisotopic (exact) mass is 264 g/mol. The van der Waals surface area contributed by atoms with Crippen molar-refractivity contribution in [3.8, 4) is 5.75 Å². The molecule has 104 valence electrons. The van der Waals surface area contributed by atoms with Crippen LogP contribution in [0.1, 0.15) is 23.6 Å². The van der Waals surface area contributed by atoms with Gasteiger partial charge in [-0.3, -0.25) is 0 Å². The standard InChI is InChI=1S/C15H20O4/c1-10-7-13(5-6-14(16)17)8-11(2)15(10)19-9-12(3)18-4/h5-8,12H,9H2,1-4H3,(H,16,17)/b6-5+. The summed E-state index contributed by atoms with van der Waals surface area (Å²) in [6, 6.07) is 3.80. The lowest BCUT2D eigenvalue weighted by molar-refractivity contribution is -0.131. The van der Waals surface area contributed by atoms with E-state index in [1.807, 2.05) is 32.9 Å². The summed E-state index contributed by atoms with van der Waals surface area (Å²) in [5, 5.41) is 8.62. The molecular formula is C15H20O4. The molecule has 1 aromatic rings. The third-order valence-corrected chi connectivity index (χ3v) is 2.77. The van der Waals surface area contributed by atoms with Gasteiger partial charge in [0.15, 0.2) is 0 Å². The molecule has 0 aliphatic heterocycles. The van der Waals surface area contributed by atoms with E-state index < -0.39 is 5.97 Å². The molecule has 1 unspecified atom stereocenters. The van der Waals surface area contributed by atoms with Gasteiger partial charge >= 0.3 is 5.97 Å². The van der Waals surface area contributed by atoms with Crippen LogP contribution in [0.4, 0.5) is 0 Å². The Balaban J connectivity index is 2.88. The summed E-state index contributed by atoms with van der Waals surface area (Å²) in [4.78, 5) is 10.5. The summed E-state index contributed by atoms with van der Waals surface area (Å²) < 4.78 is 10.9. The van der Waals surface area contributed by atoms with Crippen LogP contribution in [0.5, 0.6) is 5.75 Å². The van der Waals surface area contributed by atoms with Crippen LogP contribution in [0, 0.1) is 13.8 Å². The van der Waals surface area contributed by atoms with Crippen molar-refractivity contribution in [3.05, 3.63) is 34.9 Å². The van der Waals surface area contributed by atoms with Crippen molar-refractivity contribution in [1.29, 1.82) is 0 Å². The lowest BCUT2D eigenvalue weighted by Gasteiger charge is -2.16. The van der Waals surface area contributed by atoms with Crippen LogP contribution in [0.25, 0.3) is 6.08 Å². The molecule has 0 heterocycles. The van der Waals surface area contributed by atoms with E-state index in [9.17, 15) is 4.79 Å². The van der Waals surface area contributed by atoms with Crippen molar-refractivity contribution in [2.24, 2.45) is 0 Å². The van der Waals surface area contributed by atoms with Crippen LogP contribution >= 0.6 is 0 Å². The Bertz CT molecular complexity index is 454. The Kier molecular flexibility index (Phi) is 5.57. The second-order valence-corrected chi connectivity index (χ2v) is 4.51. The first-order valence-electron chi connectivity index (χ1n) is 6.12.